The lowest BCUT2D eigenvalue weighted by Gasteiger charge is -2.33. The first-order chi connectivity index (χ1) is 19.1. The van der Waals surface area contributed by atoms with Crippen LogP contribution < -0.4 is 14.4 Å². The van der Waals surface area contributed by atoms with Crippen molar-refractivity contribution in [2.75, 3.05) is 24.5 Å². The van der Waals surface area contributed by atoms with Gasteiger partial charge in [-0.05, 0) is 68.7 Å². The van der Waals surface area contributed by atoms with E-state index in [1.807, 2.05) is 39.8 Å². The molecule has 0 aliphatic heterocycles. The molecule has 1 atom stereocenters. The van der Waals surface area contributed by atoms with Crippen molar-refractivity contribution in [1.29, 1.82) is 0 Å². The third-order valence-corrected chi connectivity index (χ3v) is 8.42. The van der Waals surface area contributed by atoms with Crippen molar-refractivity contribution in [2.45, 2.75) is 58.0 Å². The number of nitrogens with zero attached hydrogens (tertiary/aromatic N) is 2. The summed E-state index contributed by atoms with van der Waals surface area (Å²) in [7, 11) is -2.54. The normalized spacial score (nSPS) is 11.9. The van der Waals surface area contributed by atoms with Crippen molar-refractivity contribution < 1.29 is 22.7 Å². The van der Waals surface area contributed by atoms with Crippen LogP contribution in [-0.4, -0.2) is 51.4 Å². The van der Waals surface area contributed by atoms with Gasteiger partial charge in [-0.3, -0.25) is 13.9 Å². The molecular weight excluding hydrogens is 526 g/mol. The number of ether oxygens (including phenoxy) is 1. The van der Waals surface area contributed by atoms with Crippen molar-refractivity contribution in [3.8, 4) is 5.75 Å². The molecule has 0 heterocycles. The SMILES string of the molecule is CCCNC(=O)[C@@H](CC)N(Cc1cccc(OC)c1)C(=O)CN(c1ccc(C)cc1)S(=O)(=O)c1ccc(C)cc1. The van der Waals surface area contributed by atoms with Crippen LogP contribution in [0.3, 0.4) is 0 Å². The monoisotopic (exact) mass is 565 g/mol. The van der Waals surface area contributed by atoms with Crippen molar-refractivity contribution in [3.63, 3.8) is 0 Å². The largest absolute Gasteiger partial charge is 0.497 e. The van der Waals surface area contributed by atoms with Crippen LogP contribution in [0.2, 0.25) is 0 Å². The molecule has 9 heteroatoms. The number of carbonyl (C=O) groups excluding carboxylic acids is 2. The van der Waals surface area contributed by atoms with Crippen molar-refractivity contribution in [2.24, 2.45) is 0 Å². The molecule has 0 bridgehead atoms. The molecule has 0 fully saturated rings. The zero-order chi connectivity index (χ0) is 29.3. The number of anilines is 1. The van der Waals surface area contributed by atoms with Gasteiger partial charge in [-0.2, -0.15) is 0 Å². The van der Waals surface area contributed by atoms with Crippen LogP contribution in [-0.2, 0) is 26.2 Å². The Kier molecular flexibility index (Phi) is 10.7. The van der Waals surface area contributed by atoms with E-state index in [4.69, 9.17) is 4.74 Å². The Morgan fingerprint density at radius 2 is 1.55 bits per heavy atom. The summed E-state index contributed by atoms with van der Waals surface area (Å²) in [6, 6.07) is 20.0. The number of aryl methyl sites for hydroxylation is 2. The predicted molar refractivity (Wildman–Crippen MR) is 158 cm³/mol. The van der Waals surface area contributed by atoms with Crippen LogP contribution in [0.15, 0.2) is 77.7 Å². The topological polar surface area (TPSA) is 96.0 Å². The molecule has 0 saturated heterocycles. The average molecular weight is 566 g/mol. The van der Waals surface area contributed by atoms with Crippen LogP contribution in [0.4, 0.5) is 5.69 Å². The van der Waals surface area contributed by atoms with Gasteiger partial charge in [-0.1, -0.05) is 61.4 Å². The first-order valence-electron chi connectivity index (χ1n) is 13.5. The third kappa shape index (κ3) is 7.63. The Bertz CT molecular complexity index is 1390. The number of benzene rings is 3. The smallest absolute Gasteiger partial charge is 0.264 e. The molecule has 214 valence electrons. The van der Waals surface area contributed by atoms with Gasteiger partial charge in [0.2, 0.25) is 11.8 Å². The second-order valence-electron chi connectivity index (χ2n) is 9.75. The molecule has 0 aromatic heterocycles. The number of nitrogens with one attached hydrogen (secondary N) is 1. The molecule has 3 aromatic rings. The first kappa shape index (κ1) is 30.7. The Labute approximate surface area is 238 Å². The molecule has 0 saturated carbocycles. The zero-order valence-electron chi connectivity index (χ0n) is 23.9. The highest BCUT2D eigenvalue weighted by molar-refractivity contribution is 7.92. The Morgan fingerprint density at radius 3 is 2.12 bits per heavy atom. The van der Waals surface area contributed by atoms with Gasteiger partial charge in [-0.25, -0.2) is 8.42 Å². The predicted octanol–water partition coefficient (Wildman–Crippen LogP) is 4.84. The number of amides is 2. The van der Waals surface area contributed by atoms with Gasteiger partial charge in [0.05, 0.1) is 17.7 Å². The van der Waals surface area contributed by atoms with E-state index in [1.165, 1.54) is 17.0 Å². The molecule has 3 rings (SSSR count). The Balaban J connectivity index is 2.05. The van der Waals surface area contributed by atoms with Crippen LogP contribution in [0, 0.1) is 13.8 Å². The summed E-state index contributed by atoms with van der Waals surface area (Å²) in [5.41, 5.74) is 3.01. The highest BCUT2D eigenvalue weighted by atomic mass is 32.2. The van der Waals surface area contributed by atoms with E-state index in [1.54, 1.807) is 55.6 Å². The third-order valence-electron chi connectivity index (χ3n) is 6.63. The quantitative estimate of drug-likeness (QED) is 0.320. The molecular formula is C31H39N3O5S. The fourth-order valence-corrected chi connectivity index (χ4v) is 5.74. The molecule has 40 heavy (non-hydrogen) atoms. The van der Waals surface area contributed by atoms with Gasteiger partial charge in [-0.15, -0.1) is 0 Å². The molecule has 0 radical (unpaired) electrons. The van der Waals surface area contributed by atoms with E-state index in [9.17, 15) is 18.0 Å². The molecule has 0 aliphatic carbocycles. The van der Waals surface area contributed by atoms with Crippen LogP contribution in [0.1, 0.15) is 43.4 Å². The summed E-state index contributed by atoms with van der Waals surface area (Å²) in [4.78, 5) is 28.8. The van der Waals surface area contributed by atoms with Crippen LogP contribution >= 0.6 is 0 Å². The van der Waals surface area contributed by atoms with E-state index < -0.39 is 28.5 Å². The molecule has 8 nitrogen and oxygen atoms in total. The maximum absolute atomic E-state index is 14.1. The fourth-order valence-electron chi connectivity index (χ4n) is 4.33. The van der Waals surface area contributed by atoms with E-state index in [0.29, 0.717) is 24.4 Å². The zero-order valence-corrected chi connectivity index (χ0v) is 24.7. The van der Waals surface area contributed by atoms with E-state index in [-0.39, 0.29) is 17.3 Å². The van der Waals surface area contributed by atoms with E-state index >= 15 is 0 Å². The molecule has 0 unspecified atom stereocenters. The minimum Gasteiger partial charge on any atom is -0.497 e. The summed E-state index contributed by atoms with van der Waals surface area (Å²) in [5.74, 6) is -0.141. The number of carbonyl (C=O) groups is 2. The van der Waals surface area contributed by atoms with Gasteiger partial charge < -0.3 is 15.0 Å². The van der Waals surface area contributed by atoms with Crippen molar-refractivity contribution in [1.82, 2.24) is 10.2 Å². The number of rotatable bonds is 13. The standard InChI is InChI=1S/C31H39N3O5S/c1-6-19-32-31(36)29(7-2)33(21-25-9-8-10-27(20-25)39-5)30(35)22-34(26-15-11-23(3)12-16-26)40(37,38)28-17-13-24(4)14-18-28/h8-18,20,29H,6-7,19,21-22H2,1-5H3,(H,32,36)/t29-/m1/s1. The number of hydrogen-bond donors (Lipinski definition) is 1. The molecule has 0 spiro atoms. The summed E-state index contributed by atoms with van der Waals surface area (Å²) in [6.07, 6.45) is 1.11. The van der Waals surface area contributed by atoms with Gasteiger partial charge >= 0.3 is 0 Å². The number of hydrogen-bond acceptors (Lipinski definition) is 5. The van der Waals surface area contributed by atoms with E-state index in [2.05, 4.69) is 5.32 Å². The van der Waals surface area contributed by atoms with Crippen molar-refractivity contribution in [3.05, 3.63) is 89.5 Å². The minimum atomic E-state index is -4.10. The lowest BCUT2D eigenvalue weighted by atomic mass is 10.1. The van der Waals surface area contributed by atoms with Gasteiger partial charge in [0.15, 0.2) is 0 Å². The number of sulfonamides is 1. The summed E-state index contributed by atoms with van der Waals surface area (Å²) in [5, 5.41) is 2.89. The molecule has 0 aliphatic rings. The summed E-state index contributed by atoms with van der Waals surface area (Å²) < 4.78 is 34.3. The maximum atomic E-state index is 14.1. The van der Waals surface area contributed by atoms with Gasteiger partial charge in [0.25, 0.3) is 10.0 Å². The van der Waals surface area contributed by atoms with Gasteiger partial charge in [0, 0.05) is 13.1 Å². The Morgan fingerprint density at radius 1 is 0.925 bits per heavy atom. The number of methoxy groups -OCH3 is 1. The van der Waals surface area contributed by atoms with Crippen LogP contribution in [0.25, 0.3) is 0 Å². The average Bonchev–Trinajstić information content (AvgIpc) is 2.95. The lowest BCUT2D eigenvalue weighted by molar-refractivity contribution is -0.140. The van der Waals surface area contributed by atoms with Crippen molar-refractivity contribution >= 4 is 27.5 Å². The van der Waals surface area contributed by atoms with E-state index in [0.717, 1.165) is 27.4 Å². The molecule has 2 amide bonds. The van der Waals surface area contributed by atoms with Crippen LogP contribution in [0.5, 0.6) is 5.75 Å². The first-order valence-corrected chi connectivity index (χ1v) is 14.9. The maximum Gasteiger partial charge on any atom is 0.264 e. The molecule has 1 N–H and O–H groups in total. The Hall–Kier alpha value is -3.85. The summed E-state index contributed by atoms with van der Waals surface area (Å²) in [6.45, 7) is 7.70. The summed E-state index contributed by atoms with van der Waals surface area (Å²) >= 11 is 0. The lowest BCUT2D eigenvalue weighted by Crippen LogP contribution is -2.52. The fraction of sp³-hybridized carbons (Fsp3) is 0.355. The minimum absolute atomic E-state index is 0.0820. The second kappa shape index (κ2) is 14.0. The van der Waals surface area contributed by atoms with Gasteiger partial charge in [0.1, 0.15) is 18.3 Å². The second-order valence-corrected chi connectivity index (χ2v) is 11.6. The highest BCUT2D eigenvalue weighted by Gasteiger charge is 2.33. The highest BCUT2D eigenvalue weighted by Crippen LogP contribution is 2.26. The molecule has 3 aromatic carbocycles.